The third-order valence-electron chi connectivity index (χ3n) is 8.32. The molecule has 0 saturated heterocycles. The van der Waals surface area contributed by atoms with E-state index in [1.54, 1.807) is 36.4 Å². The largest absolute Gasteiger partial charge is 0.352 e. The Morgan fingerprint density at radius 3 is 2.13 bits per heavy atom. The smallest absolute Gasteiger partial charge is 0.264 e. The maximum Gasteiger partial charge on any atom is 0.264 e. The molecule has 0 aromatic heterocycles. The molecular formula is C36H36Cl3N3O4S. The van der Waals surface area contributed by atoms with Crippen LogP contribution in [0.15, 0.2) is 102 Å². The van der Waals surface area contributed by atoms with Crippen molar-refractivity contribution >= 4 is 62.3 Å². The summed E-state index contributed by atoms with van der Waals surface area (Å²) in [6, 6.07) is 26.4. The van der Waals surface area contributed by atoms with E-state index in [1.807, 2.05) is 37.3 Å². The predicted octanol–water partition coefficient (Wildman–Crippen LogP) is 7.85. The highest BCUT2D eigenvalue weighted by Gasteiger charge is 2.35. The number of amides is 2. The van der Waals surface area contributed by atoms with E-state index in [1.165, 1.54) is 35.2 Å². The summed E-state index contributed by atoms with van der Waals surface area (Å²) < 4.78 is 29.4. The molecule has 47 heavy (non-hydrogen) atoms. The van der Waals surface area contributed by atoms with E-state index >= 15 is 0 Å². The zero-order chi connectivity index (χ0) is 33.6. The number of hydrogen-bond acceptors (Lipinski definition) is 4. The van der Waals surface area contributed by atoms with Crippen LogP contribution in [0.4, 0.5) is 5.69 Å². The van der Waals surface area contributed by atoms with Gasteiger partial charge >= 0.3 is 0 Å². The molecule has 2 amide bonds. The number of carbonyl (C=O) groups is 2. The molecule has 0 spiro atoms. The molecule has 0 radical (unpaired) electrons. The van der Waals surface area contributed by atoms with E-state index in [-0.39, 0.29) is 45.5 Å². The number of benzene rings is 4. The van der Waals surface area contributed by atoms with Gasteiger partial charge in [-0.25, -0.2) is 8.42 Å². The van der Waals surface area contributed by atoms with Crippen LogP contribution in [-0.2, 0) is 32.6 Å². The summed E-state index contributed by atoms with van der Waals surface area (Å²) in [7, 11) is -4.26. The topological polar surface area (TPSA) is 86.8 Å². The molecule has 0 aliphatic heterocycles. The predicted molar refractivity (Wildman–Crippen MR) is 189 cm³/mol. The number of aryl methyl sites for hydroxylation is 1. The van der Waals surface area contributed by atoms with Gasteiger partial charge in [0.1, 0.15) is 12.6 Å². The number of sulfonamides is 1. The molecular weight excluding hydrogens is 677 g/mol. The van der Waals surface area contributed by atoms with Crippen LogP contribution in [0.1, 0.15) is 42.4 Å². The highest BCUT2D eigenvalue weighted by molar-refractivity contribution is 7.92. The quantitative estimate of drug-likeness (QED) is 0.162. The van der Waals surface area contributed by atoms with Crippen molar-refractivity contribution in [1.82, 2.24) is 10.2 Å². The normalized spacial score (nSPS) is 14.0. The molecule has 5 rings (SSSR count). The monoisotopic (exact) mass is 711 g/mol. The van der Waals surface area contributed by atoms with Crippen molar-refractivity contribution < 1.29 is 18.0 Å². The Morgan fingerprint density at radius 2 is 1.49 bits per heavy atom. The van der Waals surface area contributed by atoms with Gasteiger partial charge in [0.25, 0.3) is 10.0 Å². The van der Waals surface area contributed by atoms with Crippen molar-refractivity contribution in [3.8, 4) is 0 Å². The fourth-order valence-electron chi connectivity index (χ4n) is 5.71. The summed E-state index contributed by atoms with van der Waals surface area (Å²) in [5.74, 6) is -0.852. The van der Waals surface area contributed by atoms with Gasteiger partial charge in [0, 0.05) is 24.0 Å². The van der Waals surface area contributed by atoms with Gasteiger partial charge in [-0.2, -0.15) is 0 Å². The lowest BCUT2D eigenvalue weighted by molar-refractivity contribution is -0.140. The average Bonchev–Trinajstić information content (AvgIpc) is 3.57. The second-order valence-electron chi connectivity index (χ2n) is 11.8. The van der Waals surface area contributed by atoms with Gasteiger partial charge in [-0.15, -0.1) is 0 Å². The van der Waals surface area contributed by atoms with Crippen LogP contribution in [-0.4, -0.2) is 43.8 Å². The Kier molecular flexibility index (Phi) is 11.5. The van der Waals surface area contributed by atoms with Gasteiger partial charge in [0.2, 0.25) is 11.8 Å². The van der Waals surface area contributed by atoms with Gasteiger partial charge in [-0.05, 0) is 73.4 Å². The van der Waals surface area contributed by atoms with Crippen LogP contribution >= 0.6 is 34.8 Å². The molecule has 4 aromatic rings. The first-order valence-corrected chi connectivity index (χ1v) is 18.0. The number of carbonyl (C=O) groups excluding carboxylic acids is 2. The van der Waals surface area contributed by atoms with Crippen LogP contribution in [0, 0.1) is 6.92 Å². The Balaban J connectivity index is 1.57. The lowest BCUT2D eigenvalue weighted by Crippen LogP contribution is -2.54. The fourth-order valence-corrected chi connectivity index (χ4v) is 7.54. The summed E-state index contributed by atoms with van der Waals surface area (Å²) in [6.07, 6.45) is 4.02. The SMILES string of the molecule is Cc1ccc(S(=O)(=O)N(CC(=O)N(Cc2ccc(Cl)cc2)[C@H](Cc2ccccc2)C(=O)NC2CCCC2)c2ccc(Cl)c(Cl)c2)cc1. The number of halogens is 3. The molecule has 1 aliphatic carbocycles. The van der Waals surface area contributed by atoms with Gasteiger partial charge in [-0.1, -0.05) is 108 Å². The van der Waals surface area contributed by atoms with Crippen LogP contribution in [0.25, 0.3) is 0 Å². The van der Waals surface area contributed by atoms with E-state index < -0.39 is 28.5 Å². The number of nitrogens with one attached hydrogen (secondary N) is 1. The fraction of sp³-hybridized carbons (Fsp3) is 0.278. The third kappa shape index (κ3) is 8.87. The minimum atomic E-state index is -4.26. The first kappa shape index (κ1) is 34.8. The third-order valence-corrected chi connectivity index (χ3v) is 11.1. The highest BCUT2D eigenvalue weighted by atomic mass is 35.5. The van der Waals surface area contributed by atoms with E-state index in [4.69, 9.17) is 34.8 Å². The van der Waals surface area contributed by atoms with Gasteiger partial charge in [0.15, 0.2) is 0 Å². The molecule has 1 atom stereocenters. The maximum atomic E-state index is 14.6. The zero-order valence-corrected chi connectivity index (χ0v) is 29.0. The van der Waals surface area contributed by atoms with Crippen LogP contribution in [0.2, 0.25) is 15.1 Å². The summed E-state index contributed by atoms with van der Waals surface area (Å²) in [6.45, 7) is 1.31. The van der Waals surface area contributed by atoms with Gasteiger partial charge in [0.05, 0.1) is 20.6 Å². The molecule has 4 aromatic carbocycles. The lowest BCUT2D eigenvalue weighted by Gasteiger charge is -2.34. The first-order chi connectivity index (χ1) is 22.5. The van der Waals surface area contributed by atoms with Crippen molar-refractivity contribution in [3.63, 3.8) is 0 Å². The molecule has 1 N–H and O–H groups in total. The molecule has 0 heterocycles. The minimum Gasteiger partial charge on any atom is -0.352 e. The minimum absolute atomic E-state index is 0.00559. The molecule has 0 bridgehead atoms. The summed E-state index contributed by atoms with van der Waals surface area (Å²) in [5.41, 5.74) is 2.64. The van der Waals surface area contributed by atoms with Crippen LogP contribution in [0.5, 0.6) is 0 Å². The second kappa shape index (κ2) is 15.6. The summed E-state index contributed by atoms with van der Waals surface area (Å²) >= 11 is 18.7. The maximum absolute atomic E-state index is 14.6. The van der Waals surface area contributed by atoms with Crippen molar-refractivity contribution in [2.24, 2.45) is 0 Å². The standard InChI is InChI=1S/C36H36Cl3N3O4S/c1-25-11-18-31(19-12-25)47(45,46)42(30-17-20-32(38)33(39)22-30)24-35(43)41(23-27-13-15-28(37)16-14-27)34(21-26-7-3-2-4-8-26)36(44)40-29-9-5-6-10-29/h2-4,7-8,11-20,22,29,34H,5-6,9-10,21,23-24H2,1H3,(H,40,44)/t34-/m1/s1. The van der Waals surface area contributed by atoms with E-state index in [0.29, 0.717) is 5.02 Å². The summed E-state index contributed by atoms with van der Waals surface area (Å²) in [4.78, 5) is 30.2. The number of rotatable bonds is 12. The molecule has 1 saturated carbocycles. The molecule has 7 nitrogen and oxygen atoms in total. The van der Waals surface area contributed by atoms with Crippen LogP contribution in [0.3, 0.4) is 0 Å². The Labute approximate surface area is 291 Å². The van der Waals surface area contributed by atoms with Gasteiger partial charge < -0.3 is 10.2 Å². The van der Waals surface area contributed by atoms with Crippen molar-refractivity contribution in [2.75, 3.05) is 10.8 Å². The molecule has 0 unspecified atom stereocenters. The van der Waals surface area contributed by atoms with Crippen molar-refractivity contribution in [3.05, 3.63) is 129 Å². The number of nitrogens with zero attached hydrogens (tertiary/aromatic N) is 2. The Morgan fingerprint density at radius 1 is 0.830 bits per heavy atom. The van der Waals surface area contributed by atoms with Crippen molar-refractivity contribution in [1.29, 1.82) is 0 Å². The summed E-state index contributed by atoms with van der Waals surface area (Å²) in [5, 5.41) is 4.08. The highest BCUT2D eigenvalue weighted by Crippen LogP contribution is 2.31. The van der Waals surface area contributed by atoms with Crippen molar-refractivity contribution in [2.45, 2.75) is 62.6 Å². The Hall–Kier alpha value is -3.56. The lowest BCUT2D eigenvalue weighted by atomic mass is 10.0. The molecule has 11 heteroatoms. The van der Waals surface area contributed by atoms with E-state index in [2.05, 4.69) is 5.32 Å². The van der Waals surface area contributed by atoms with Gasteiger partial charge in [-0.3, -0.25) is 13.9 Å². The average molecular weight is 713 g/mol. The molecule has 1 aliphatic rings. The second-order valence-corrected chi connectivity index (χ2v) is 14.9. The van der Waals surface area contributed by atoms with E-state index in [0.717, 1.165) is 46.7 Å². The van der Waals surface area contributed by atoms with Crippen LogP contribution < -0.4 is 9.62 Å². The number of anilines is 1. The zero-order valence-electron chi connectivity index (χ0n) is 25.9. The number of hydrogen-bond donors (Lipinski definition) is 1. The molecule has 246 valence electrons. The Bertz CT molecular complexity index is 1800. The molecule has 1 fully saturated rings. The first-order valence-electron chi connectivity index (χ1n) is 15.4. The van der Waals surface area contributed by atoms with E-state index in [9.17, 15) is 18.0 Å².